The summed E-state index contributed by atoms with van der Waals surface area (Å²) in [6, 6.07) is 10.8. The third-order valence-corrected chi connectivity index (χ3v) is 3.58. The Bertz CT molecular complexity index is 613. The van der Waals surface area contributed by atoms with Crippen LogP contribution in [0.25, 0.3) is 0 Å². The molecule has 0 saturated heterocycles. The number of aromatic carboxylic acids is 1. The number of benzene rings is 2. The van der Waals surface area contributed by atoms with Crippen LogP contribution in [0.4, 0.5) is 4.39 Å². The second-order valence-corrected chi connectivity index (χ2v) is 4.78. The SMILES string of the molecule is COc1ccc(C(=O)O)c(Sc2ccccc2F)c1. The van der Waals surface area contributed by atoms with Gasteiger partial charge in [0.15, 0.2) is 0 Å². The Kier molecular flexibility index (Phi) is 4.06. The van der Waals surface area contributed by atoms with E-state index in [4.69, 9.17) is 9.84 Å². The van der Waals surface area contributed by atoms with Crippen LogP contribution in [0.15, 0.2) is 52.3 Å². The highest BCUT2D eigenvalue weighted by Crippen LogP contribution is 2.34. The summed E-state index contributed by atoms with van der Waals surface area (Å²) < 4.78 is 18.6. The summed E-state index contributed by atoms with van der Waals surface area (Å²) in [6.45, 7) is 0. The zero-order valence-electron chi connectivity index (χ0n) is 10.1. The molecule has 0 radical (unpaired) electrons. The molecule has 0 fully saturated rings. The summed E-state index contributed by atoms with van der Waals surface area (Å²) in [6.07, 6.45) is 0. The van der Waals surface area contributed by atoms with E-state index in [1.54, 1.807) is 30.3 Å². The predicted molar refractivity (Wildman–Crippen MR) is 70.5 cm³/mol. The lowest BCUT2D eigenvalue weighted by atomic mass is 10.2. The Morgan fingerprint density at radius 2 is 1.95 bits per heavy atom. The number of methoxy groups -OCH3 is 1. The van der Waals surface area contributed by atoms with Crippen molar-refractivity contribution in [2.75, 3.05) is 7.11 Å². The maximum atomic E-state index is 13.6. The normalized spacial score (nSPS) is 10.2. The molecule has 0 spiro atoms. The van der Waals surface area contributed by atoms with Gasteiger partial charge in [-0.1, -0.05) is 23.9 Å². The molecular weight excluding hydrogens is 267 g/mol. The first kappa shape index (κ1) is 13.4. The molecule has 19 heavy (non-hydrogen) atoms. The van der Waals surface area contributed by atoms with Gasteiger partial charge >= 0.3 is 5.97 Å². The molecule has 2 aromatic carbocycles. The van der Waals surface area contributed by atoms with Gasteiger partial charge in [-0.05, 0) is 30.3 Å². The number of rotatable bonds is 4. The number of halogens is 1. The summed E-state index contributed by atoms with van der Waals surface area (Å²) in [4.78, 5) is 12.0. The zero-order chi connectivity index (χ0) is 13.8. The second kappa shape index (κ2) is 5.75. The average molecular weight is 278 g/mol. The molecule has 0 unspecified atom stereocenters. The van der Waals surface area contributed by atoms with Crippen molar-refractivity contribution in [2.24, 2.45) is 0 Å². The number of hydrogen-bond acceptors (Lipinski definition) is 3. The van der Waals surface area contributed by atoms with E-state index in [0.717, 1.165) is 11.8 Å². The van der Waals surface area contributed by atoms with Crippen LogP contribution in [0, 0.1) is 5.82 Å². The quantitative estimate of drug-likeness (QED) is 0.926. The van der Waals surface area contributed by atoms with Gasteiger partial charge in [-0.15, -0.1) is 0 Å². The second-order valence-electron chi connectivity index (χ2n) is 3.70. The van der Waals surface area contributed by atoms with Gasteiger partial charge in [-0.25, -0.2) is 9.18 Å². The molecule has 1 N–H and O–H groups in total. The molecule has 5 heteroatoms. The Hall–Kier alpha value is -2.01. The maximum absolute atomic E-state index is 13.6. The van der Waals surface area contributed by atoms with Gasteiger partial charge in [0.2, 0.25) is 0 Å². The minimum atomic E-state index is -1.05. The van der Waals surface area contributed by atoms with Gasteiger partial charge in [-0.3, -0.25) is 0 Å². The van der Waals surface area contributed by atoms with E-state index in [-0.39, 0.29) is 11.4 Å². The summed E-state index contributed by atoms with van der Waals surface area (Å²) in [5.41, 5.74) is 0.119. The van der Waals surface area contributed by atoms with E-state index in [1.165, 1.54) is 19.2 Å². The molecule has 0 aromatic heterocycles. The lowest BCUT2D eigenvalue weighted by molar-refractivity contribution is 0.0693. The minimum absolute atomic E-state index is 0.119. The van der Waals surface area contributed by atoms with Crippen molar-refractivity contribution in [2.45, 2.75) is 9.79 Å². The molecule has 0 saturated carbocycles. The highest BCUT2D eigenvalue weighted by atomic mass is 32.2. The van der Waals surface area contributed by atoms with Crippen LogP contribution >= 0.6 is 11.8 Å². The summed E-state index contributed by atoms with van der Waals surface area (Å²) in [5, 5.41) is 9.13. The van der Waals surface area contributed by atoms with Gasteiger partial charge < -0.3 is 9.84 Å². The Morgan fingerprint density at radius 3 is 2.58 bits per heavy atom. The summed E-state index contributed by atoms with van der Waals surface area (Å²) >= 11 is 1.06. The van der Waals surface area contributed by atoms with Crippen molar-refractivity contribution in [3.63, 3.8) is 0 Å². The third-order valence-electron chi connectivity index (χ3n) is 2.48. The fourth-order valence-corrected chi connectivity index (χ4v) is 2.53. The fourth-order valence-electron chi connectivity index (χ4n) is 1.54. The first-order valence-corrected chi connectivity index (χ1v) is 6.27. The van der Waals surface area contributed by atoms with Crippen molar-refractivity contribution < 1.29 is 19.0 Å². The van der Waals surface area contributed by atoms with Crippen LogP contribution in [-0.4, -0.2) is 18.2 Å². The number of carbonyl (C=O) groups is 1. The molecule has 0 amide bonds. The van der Waals surface area contributed by atoms with E-state index >= 15 is 0 Å². The van der Waals surface area contributed by atoms with E-state index in [0.29, 0.717) is 15.5 Å². The molecular formula is C14H11FO3S. The van der Waals surface area contributed by atoms with Crippen LogP contribution in [0.2, 0.25) is 0 Å². The lowest BCUT2D eigenvalue weighted by Gasteiger charge is -2.08. The van der Waals surface area contributed by atoms with Crippen LogP contribution in [0.5, 0.6) is 5.75 Å². The van der Waals surface area contributed by atoms with E-state index < -0.39 is 5.97 Å². The van der Waals surface area contributed by atoms with Gasteiger partial charge in [0.1, 0.15) is 11.6 Å². The largest absolute Gasteiger partial charge is 0.497 e. The van der Waals surface area contributed by atoms with E-state index in [9.17, 15) is 9.18 Å². The molecule has 3 nitrogen and oxygen atoms in total. The fraction of sp³-hybridized carbons (Fsp3) is 0.0714. The zero-order valence-corrected chi connectivity index (χ0v) is 10.9. The predicted octanol–water partition coefficient (Wildman–Crippen LogP) is 3.68. The standard InChI is InChI=1S/C14H11FO3S/c1-18-9-6-7-10(14(16)17)13(8-9)19-12-5-3-2-4-11(12)15/h2-8H,1H3,(H,16,17). The van der Waals surface area contributed by atoms with Crippen LogP contribution in [-0.2, 0) is 0 Å². The number of carboxylic acids is 1. The van der Waals surface area contributed by atoms with Crippen LogP contribution < -0.4 is 4.74 Å². The lowest BCUT2D eigenvalue weighted by Crippen LogP contribution is -1.99. The first-order valence-electron chi connectivity index (χ1n) is 5.45. The van der Waals surface area contributed by atoms with Crippen molar-refractivity contribution in [3.8, 4) is 5.75 Å². The monoisotopic (exact) mass is 278 g/mol. The van der Waals surface area contributed by atoms with Gasteiger partial charge in [0.25, 0.3) is 0 Å². The Labute approximate surface area is 114 Å². The first-order chi connectivity index (χ1) is 9.11. The van der Waals surface area contributed by atoms with Crippen molar-refractivity contribution >= 4 is 17.7 Å². The molecule has 0 bridgehead atoms. The van der Waals surface area contributed by atoms with Gasteiger partial charge in [0.05, 0.1) is 12.7 Å². The summed E-state index contributed by atoms with van der Waals surface area (Å²) in [7, 11) is 1.49. The van der Waals surface area contributed by atoms with Crippen molar-refractivity contribution in [1.82, 2.24) is 0 Å². The Balaban J connectivity index is 2.43. The topological polar surface area (TPSA) is 46.5 Å². The number of ether oxygens (including phenoxy) is 1. The maximum Gasteiger partial charge on any atom is 0.336 e. The van der Waals surface area contributed by atoms with Crippen LogP contribution in [0.1, 0.15) is 10.4 Å². The molecule has 0 aliphatic heterocycles. The molecule has 0 heterocycles. The van der Waals surface area contributed by atoms with E-state index in [2.05, 4.69) is 0 Å². The number of hydrogen-bond donors (Lipinski definition) is 1. The highest BCUT2D eigenvalue weighted by Gasteiger charge is 2.14. The Morgan fingerprint density at radius 1 is 1.21 bits per heavy atom. The molecule has 2 rings (SSSR count). The number of carboxylic acid groups (broad SMARTS) is 1. The van der Waals surface area contributed by atoms with E-state index in [1.807, 2.05) is 0 Å². The van der Waals surface area contributed by atoms with Crippen molar-refractivity contribution in [1.29, 1.82) is 0 Å². The molecule has 0 aliphatic carbocycles. The molecule has 0 aliphatic rings. The van der Waals surface area contributed by atoms with Crippen LogP contribution in [0.3, 0.4) is 0 Å². The van der Waals surface area contributed by atoms with Crippen molar-refractivity contribution in [3.05, 3.63) is 53.8 Å². The van der Waals surface area contributed by atoms with Gasteiger partial charge in [0, 0.05) is 9.79 Å². The molecule has 98 valence electrons. The highest BCUT2D eigenvalue weighted by molar-refractivity contribution is 7.99. The molecule has 0 atom stereocenters. The summed E-state index contributed by atoms with van der Waals surface area (Å²) in [5.74, 6) is -0.906. The third kappa shape index (κ3) is 3.06. The molecule has 2 aromatic rings. The van der Waals surface area contributed by atoms with Gasteiger partial charge in [-0.2, -0.15) is 0 Å². The minimum Gasteiger partial charge on any atom is -0.497 e. The average Bonchev–Trinajstić information content (AvgIpc) is 2.41. The smallest absolute Gasteiger partial charge is 0.336 e.